The van der Waals surface area contributed by atoms with Crippen LogP contribution in [0.1, 0.15) is 30.7 Å². The van der Waals surface area contributed by atoms with Gasteiger partial charge in [0.05, 0.1) is 25.2 Å². The normalized spacial score (nSPS) is 10.8. The summed E-state index contributed by atoms with van der Waals surface area (Å²) in [4.78, 5) is 24.0. The summed E-state index contributed by atoms with van der Waals surface area (Å²) in [5, 5.41) is 0.654. The lowest BCUT2D eigenvalue weighted by molar-refractivity contribution is 0.268. The van der Waals surface area contributed by atoms with E-state index < -0.39 is 0 Å². The van der Waals surface area contributed by atoms with E-state index in [0.717, 1.165) is 30.6 Å². The van der Waals surface area contributed by atoms with Crippen molar-refractivity contribution in [3.63, 3.8) is 0 Å². The Hall–Kier alpha value is -2.99. The Bertz CT molecular complexity index is 1100. The topological polar surface area (TPSA) is 70.7 Å². The summed E-state index contributed by atoms with van der Waals surface area (Å²) in [5.74, 6) is 1.08. The summed E-state index contributed by atoms with van der Waals surface area (Å²) < 4.78 is 18.4. The van der Waals surface area contributed by atoms with E-state index in [1.807, 2.05) is 23.6 Å². The van der Waals surface area contributed by atoms with E-state index in [2.05, 4.69) is 0 Å². The first-order valence-electron chi connectivity index (χ1n) is 9.79. The van der Waals surface area contributed by atoms with Crippen molar-refractivity contribution in [2.24, 2.45) is 0 Å². The number of halogens is 1. The number of hydrogen-bond acceptors (Lipinski definition) is 5. The third kappa shape index (κ3) is 5.33. The van der Waals surface area contributed by atoms with Gasteiger partial charge < -0.3 is 18.5 Å². The Morgan fingerprint density at radius 3 is 2.17 bits per heavy atom. The summed E-state index contributed by atoms with van der Waals surface area (Å²) in [7, 11) is 0. The van der Waals surface area contributed by atoms with Gasteiger partial charge in [-0.15, -0.1) is 0 Å². The first-order chi connectivity index (χ1) is 14.5. The molecule has 30 heavy (non-hydrogen) atoms. The van der Waals surface area contributed by atoms with Crippen LogP contribution in [0.4, 0.5) is 0 Å². The Kier molecular flexibility index (Phi) is 7.36. The van der Waals surface area contributed by atoms with Gasteiger partial charge in [-0.1, -0.05) is 11.6 Å². The van der Waals surface area contributed by atoms with E-state index in [9.17, 15) is 9.59 Å². The van der Waals surface area contributed by atoms with Gasteiger partial charge in [0, 0.05) is 29.0 Å². The Balaban J connectivity index is 1.50. The zero-order valence-corrected chi connectivity index (χ0v) is 17.8. The van der Waals surface area contributed by atoms with Gasteiger partial charge in [0.25, 0.3) is 0 Å². The van der Waals surface area contributed by atoms with Crippen LogP contribution in [0, 0.1) is 13.8 Å². The lowest BCUT2D eigenvalue weighted by Crippen LogP contribution is -2.15. The molecule has 2 aromatic heterocycles. The predicted molar refractivity (Wildman–Crippen MR) is 116 cm³/mol. The molecule has 0 saturated carbocycles. The van der Waals surface area contributed by atoms with Crippen LogP contribution in [0.15, 0.2) is 62.9 Å². The Morgan fingerprint density at radius 2 is 1.50 bits per heavy atom. The number of ether oxygens (including phenoxy) is 2. The summed E-state index contributed by atoms with van der Waals surface area (Å²) >= 11 is 5.95. The van der Waals surface area contributed by atoms with Crippen molar-refractivity contribution in [2.45, 2.75) is 33.1 Å². The molecule has 0 spiro atoms. The first kappa shape index (κ1) is 21.7. The molecule has 3 aromatic rings. The van der Waals surface area contributed by atoms with E-state index >= 15 is 0 Å². The van der Waals surface area contributed by atoms with Gasteiger partial charge in [-0.3, -0.25) is 9.59 Å². The van der Waals surface area contributed by atoms with Crippen LogP contribution in [0.3, 0.4) is 0 Å². The molecule has 0 atom stereocenters. The average molecular weight is 430 g/mol. The van der Waals surface area contributed by atoms with Gasteiger partial charge in [0.1, 0.15) is 5.76 Å². The number of hydrogen-bond donors (Lipinski definition) is 0. The minimum Gasteiger partial charge on any atom is -0.488 e. The minimum atomic E-state index is -0.182. The van der Waals surface area contributed by atoms with E-state index in [1.165, 1.54) is 18.4 Å². The van der Waals surface area contributed by atoms with Crippen molar-refractivity contribution in [3.05, 3.63) is 85.8 Å². The molecule has 0 bridgehead atoms. The average Bonchev–Trinajstić information content (AvgIpc) is 2.72. The summed E-state index contributed by atoms with van der Waals surface area (Å²) in [5.41, 5.74) is 1.31. The third-order valence-corrected chi connectivity index (χ3v) is 4.93. The Morgan fingerprint density at radius 1 is 0.867 bits per heavy atom. The van der Waals surface area contributed by atoms with E-state index in [-0.39, 0.29) is 16.6 Å². The van der Waals surface area contributed by atoms with Crippen LogP contribution in [-0.2, 0) is 0 Å². The number of unbranched alkanes of at least 4 members (excludes halogenated alkanes) is 2. The summed E-state index contributed by atoms with van der Waals surface area (Å²) in [6.07, 6.45) is 5.45. The van der Waals surface area contributed by atoms with Crippen molar-refractivity contribution < 1.29 is 13.9 Å². The quantitative estimate of drug-likeness (QED) is 0.461. The molecular weight excluding hydrogens is 406 g/mol. The van der Waals surface area contributed by atoms with E-state index in [0.29, 0.717) is 29.7 Å². The number of nitrogens with zero attached hydrogens (tertiary/aromatic N) is 1. The van der Waals surface area contributed by atoms with Gasteiger partial charge in [-0.05, 0) is 57.4 Å². The second-order valence-electron chi connectivity index (χ2n) is 6.87. The molecule has 1 aromatic carbocycles. The predicted octanol–water partition coefficient (Wildman–Crippen LogP) is 4.69. The number of benzene rings is 1. The van der Waals surface area contributed by atoms with Crippen molar-refractivity contribution in [2.75, 3.05) is 13.2 Å². The maximum atomic E-state index is 12.2. The molecule has 2 heterocycles. The number of aryl methyl sites for hydroxylation is 1. The minimum absolute atomic E-state index is 0.146. The number of aromatic nitrogens is 1. The number of pyridine rings is 1. The lowest BCUT2D eigenvalue weighted by Gasteiger charge is -2.15. The monoisotopic (exact) mass is 429 g/mol. The van der Waals surface area contributed by atoms with Crippen LogP contribution in [0.2, 0.25) is 5.02 Å². The van der Waals surface area contributed by atoms with Crippen LogP contribution in [0.5, 0.6) is 11.5 Å². The highest BCUT2D eigenvalue weighted by molar-refractivity contribution is 6.30. The molecule has 158 valence electrons. The van der Waals surface area contributed by atoms with Gasteiger partial charge in [0.15, 0.2) is 5.75 Å². The molecule has 0 radical (unpaired) electrons. The summed E-state index contributed by atoms with van der Waals surface area (Å²) in [6, 6.07) is 10.2. The fourth-order valence-corrected chi connectivity index (χ4v) is 3.20. The third-order valence-electron chi connectivity index (χ3n) is 4.68. The largest absolute Gasteiger partial charge is 0.488 e. The molecule has 0 aliphatic heterocycles. The zero-order chi connectivity index (χ0) is 21.5. The molecule has 0 aliphatic carbocycles. The molecular formula is C23H24ClNO5. The maximum Gasteiger partial charge on any atom is 0.226 e. The van der Waals surface area contributed by atoms with Gasteiger partial charge >= 0.3 is 0 Å². The maximum absolute atomic E-state index is 12.2. The first-order valence-corrected chi connectivity index (χ1v) is 10.2. The Labute approximate surface area is 179 Å². The summed E-state index contributed by atoms with van der Waals surface area (Å²) in [6.45, 7) is 4.40. The molecule has 0 amide bonds. The molecule has 0 N–H and O–H groups in total. The molecule has 0 saturated heterocycles. The van der Waals surface area contributed by atoms with E-state index in [4.69, 9.17) is 25.5 Å². The highest BCUT2D eigenvalue weighted by atomic mass is 35.5. The molecule has 3 rings (SSSR count). The van der Waals surface area contributed by atoms with Crippen LogP contribution in [-0.4, -0.2) is 17.8 Å². The van der Waals surface area contributed by atoms with Gasteiger partial charge in [0.2, 0.25) is 16.6 Å². The number of rotatable bonds is 9. The molecule has 7 heteroatoms. The lowest BCUT2D eigenvalue weighted by atomic mass is 10.2. The van der Waals surface area contributed by atoms with Crippen LogP contribution in [0.25, 0.3) is 5.69 Å². The van der Waals surface area contributed by atoms with Crippen molar-refractivity contribution in [1.82, 2.24) is 4.57 Å². The van der Waals surface area contributed by atoms with Crippen molar-refractivity contribution in [3.8, 4) is 17.2 Å². The van der Waals surface area contributed by atoms with Gasteiger partial charge in [-0.2, -0.15) is 0 Å². The van der Waals surface area contributed by atoms with E-state index in [1.54, 1.807) is 25.3 Å². The second kappa shape index (κ2) is 10.2. The molecule has 0 aliphatic rings. The van der Waals surface area contributed by atoms with Crippen LogP contribution >= 0.6 is 11.6 Å². The second-order valence-corrected chi connectivity index (χ2v) is 7.31. The highest BCUT2D eigenvalue weighted by Gasteiger charge is 2.10. The fourth-order valence-electron chi connectivity index (χ4n) is 3.08. The smallest absolute Gasteiger partial charge is 0.226 e. The molecule has 6 nitrogen and oxygen atoms in total. The SMILES string of the molecule is Cc1occc(=O)c1OCCCCCOc1c(C)n(-c2ccc(Cl)cc2)ccc1=O. The fraction of sp³-hybridized carbons (Fsp3) is 0.304. The van der Waals surface area contributed by atoms with Gasteiger partial charge in [-0.25, -0.2) is 0 Å². The molecule has 0 unspecified atom stereocenters. The van der Waals surface area contributed by atoms with Crippen molar-refractivity contribution in [1.29, 1.82) is 0 Å². The van der Waals surface area contributed by atoms with Crippen molar-refractivity contribution >= 4 is 11.6 Å². The highest BCUT2D eigenvalue weighted by Crippen LogP contribution is 2.19. The molecule has 0 fully saturated rings. The van der Waals surface area contributed by atoms with Crippen LogP contribution < -0.4 is 20.3 Å². The standard InChI is InChI=1S/C23H24ClNO5/c1-16-22(20(26)10-12-25(16)19-8-6-18(24)7-9-19)29-13-4-3-5-14-30-23-17(2)28-15-11-21(23)27/h6-12,15H,3-5,13-14H2,1-2H3. The zero-order valence-electron chi connectivity index (χ0n) is 17.0.